The van der Waals surface area contributed by atoms with Crippen molar-refractivity contribution in [2.45, 2.75) is 13.8 Å². The third kappa shape index (κ3) is 2.47. The van der Waals surface area contributed by atoms with Crippen molar-refractivity contribution in [1.82, 2.24) is 4.98 Å². The van der Waals surface area contributed by atoms with E-state index >= 15 is 0 Å². The second-order valence-corrected chi connectivity index (χ2v) is 3.74. The molecule has 0 aliphatic rings. The van der Waals surface area contributed by atoms with Crippen LogP contribution in [0.1, 0.15) is 23.2 Å². The van der Waals surface area contributed by atoms with Crippen molar-refractivity contribution < 1.29 is 22.7 Å². The zero-order valence-electron chi connectivity index (χ0n) is 10.4. The van der Waals surface area contributed by atoms with Gasteiger partial charge in [-0.1, -0.05) is 6.07 Å². The van der Waals surface area contributed by atoms with E-state index in [1.807, 2.05) is 0 Å². The average Bonchev–Trinajstić information content (AvgIpc) is 2.71. The molecule has 1 aromatic heterocycles. The van der Waals surface area contributed by atoms with Crippen LogP contribution < -0.4 is 0 Å². The molecule has 0 spiro atoms. The van der Waals surface area contributed by atoms with Crippen LogP contribution in [0.2, 0.25) is 0 Å². The predicted molar refractivity (Wildman–Crippen MR) is 62.5 cm³/mol. The summed E-state index contributed by atoms with van der Waals surface area (Å²) in [6.45, 7) is 3.29. The maximum absolute atomic E-state index is 13.6. The SMILES string of the molecule is CCOC(=O)c1nc(-c2c(F)cccc2F)oc1C. The van der Waals surface area contributed by atoms with Crippen molar-refractivity contribution in [2.75, 3.05) is 6.61 Å². The van der Waals surface area contributed by atoms with Gasteiger partial charge in [-0.25, -0.2) is 18.6 Å². The maximum atomic E-state index is 13.6. The van der Waals surface area contributed by atoms with Gasteiger partial charge in [0.25, 0.3) is 0 Å². The van der Waals surface area contributed by atoms with Crippen molar-refractivity contribution in [3.63, 3.8) is 0 Å². The molecule has 0 N–H and O–H groups in total. The van der Waals surface area contributed by atoms with Crippen LogP contribution in [0.25, 0.3) is 11.5 Å². The molecule has 0 saturated heterocycles. The van der Waals surface area contributed by atoms with Gasteiger partial charge in [-0.05, 0) is 26.0 Å². The van der Waals surface area contributed by atoms with E-state index < -0.39 is 23.2 Å². The van der Waals surface area contributed by atoms with Gasteiger partial charge >= 0.3 is 5.97 Å². The predicted octanol–water partition coefficient (Wildman–Crippen LogP) is 3.10. The number of carbonyl (C=O) groups excluding carboxylic acids is 1. The molecule has 0 saturated carbocycles. The Labute approximate surface area is 108 Å². The molecule has 0 unspecified atom stereocenters. The lowest BCUT2D eigenvalue weighted by Crippen LogP contribution is -2.06. The topological polar surface area (TPSA) is 52.3 Å². The van der Waals surface area contributed by atoms with E-state index in [2.05, 4.69) is 4.98 Å². The molecule has 0 aliphatic heterocycles. The molecule has 0 atom stereocenters. The second-order valence-electron chi connectivity index (χ2n) is 3.74. The molecule has 1 aromatic carbocycles. The average molecular weight is 267 g/mol. The van der Waals surface area contributed by atoms with Crippen molar-refractivity contribution in [3.8, 4) is 11.5 Å². The van der Waals surface area contributed by atoms with E-state index in [1.54, 1.807) is 6.92 Å². The van der Waals surface area contributed by atoms with Gasteiger partial charge in [0.15, 0.2) is 5.69 Å². The number of halogens is 2. The van der Waals surface area contributed by atoms with Gasteiger partial charge in [0.2, 0.25) is 5.89 Å². The Kier molecular flexibility index (Phi) is 3.59. The molecule has 0 aliphatic carbocycles. The van der Waals surface area contributed by atoms with Gasteiger partial charge in [0.1, 0.15) is 23.0 Å². The van der Waals surface area contributed by atoms with Crippen LogP contribution in [-0.4, -0.2) is 17.6 Å². The van der Waals surface area contributed by atoms with Gasteiger partial charge in [-0.15, -0.1) is 0 Å². The van der Waals surface area contributed by atoms with E-state index in [0.717, 1.165) is 12.1 Å². The number of aryl methyl sites for hydroxylation is 1. The van der Waals surface area contributed by atoms with Crippen molar-refractivity contribution in [2.24, 2.45) is 0 Å². The summed E-state index contributed by atoms with van der Waals surface area (Å²) in [5.74, 6) is -2.44. The molecular weight excluding hydrogens is 256 g/mol. The fourth-order valence-corrected chi connectivity index (χ4v) is 1.59. The Morgan fingerprint density at radius 2 is 2.00 bits per heavy atom. The normalized spacial score (nSPS) is 10.5. The number of benzene rings is 1. The molecule has 0 amide bonds. The van der Waals surface area contributed by atoms with Gasteiger partial charge in [-0.2, -0.15) is 0 Å². The highest BCUT2D eigenvalue weighted by atomic mass is 19.1. The van der Waals surface area contributed by atoms with Crippen LogP contribution in [0.15, 0.2) is 22.6 Å². The standard InChI is InChI=1S/C13H11F2NO3/c1-3-18-13(17)11-7(2)19-12(16-11)10-8(14)5-4-6-9(10)15/h4-6H,3H2,1-2H3. The lowest BCUT2D eigenvalue weighted by atomic mass is 10.2. The number of carbonyl (C=O) groups is 1. The number of oxazole rings is 1. The van der Waals surface area contributed by atoms with E-state index in [-0.39, 0.29) is 24.0 Å². The van der Waals surface area contributed by atoms with E-state index in [1.165, 1.54) is 13.0 Å². The Morgan fingerprint density at radius 3 is 2.58 bits per heavy atom. The fraction of sp³-hybridized carbons (Fsp3) is 0.231. The molecule has 6 heteroatoms. The Hall–Kier alpha value is -2.24. The number of rotatable bonds is 3. The molecule has 2 rings (SSSR count). The molecule has 2 aromatic rings. The van der Waals surface area contributed by atoms with Gasteiger partial charge in [0.05, 0.1) is 6.61 Å². The summed E-state index contributed by atoms with van der Waals surface area (Å²) in [6.07, 6.45) is 0. The summed E-state index contributed by atoms with van der Waals surface area (Å²) >= 11 is 0. The molecule has 0 bridgehead atoms. The van der Waals surface area contributed by atoms with Gasteiger partial charge in [-0.3, -0.25) is 0 Å². The smallest absolute Gasteiger partial charge is 0.360 e. The molecule has 4 nitrogen and oxygen atoms in total. The molecule has 0 fully saturated rings. The summed E-state index contributed by atoms with van der Waals surface area (Å²) in [5, 5.41) is 0. The molecular formula is C13H11F2NO3. The number of aromatic nitrogens is 1. The number of esters is 1. The van der Waals surface area contributed by atoms with Gasteiger partial charge < -0.3 is 9.15 Å². The summed E-state index contributed by atoms with van der Waals surface area (Å²) < 4.78 is 37.0. The highest BCUT2D eigenvalue weighted by Gasteiger charge is 2.22. The summed E-state index contributed by atoms with van der Waals surface area (Å²) in [4.78, 5) is 15.3. The molecule has 100 valence electrons. The van der Waals surface area contributed by atoms with Crippen LogP contribution in [0.4, 0.5) is 8.78 Å². The number of hydrogen-bond donors (Lipinski definition) is 0. The first-order valence-corrected chi connectivity index (χ1v) is 5.63. The van der Waals surface area contributed by atoms with Crippen LogP contribution in [0.3, 0.4) is 0 Å². The highest BCUT2D eigenvalue weighted by Crippen LogP contribution is 2.27. The largest absolute Gasteiger partial charge is 0.461 e. The molecule has 1 heterocycles. The van der Waals surface area contributed by atoms with E-state index in [9.17, 15) is 13.6 Å². The third-order valence-corrected chi connectivity index (χ3v) is 2.44. The summed E-state index contributed by atoms with van der Waals surface area (Å²) in [5.41, 5.74) is -0.486. The maximum Gasteiger partial charge on any atom is 0.360 e. The first-order valence-electron chi connectivity index (χ1n) is 5.63. The fourth-order valence-electron chi connectivity index (χ4n) is 1.59. The molecule has 0 radical (unpaired) electrons. The zero-order valence-corrected chi connectivity index (χ0v) is 10.4. The lowest BCUT2D eigenvalue weighted by molar-refractivity contribution is 0.0518. The minimum Gasteiger partial charge on any atom is -0.461 e. The van der Waals surface area contributed by atoms with Crippen LogP contribution >= 0.6 is 0 Å². The second kappa shape index (κ2) is 5.17. The number of nitrogens with zero attached hydrogens (tertiary/aromatic N) is 1. The van der Waals surface area contributed by atoms with Crippen LogP contribution in [0.5, 0.6) is 0 Å². The summed E-state index contributed by atoms with van der Waals surface area (Å²) in [6, 6.07) is 3.40. The first kappa shape index (κ1) is 13.2. The first-order chi connectivity index (χ1) is 9.04. The zero-order chi connectivity index (χ0) is 14.0. The number of hydrogen-bond acceptors (Lipinski definition) is 4. The minimum absolute atomic E-state index is 0.0838. The Balaban J connectivity index is 2.48. The van der Waals surface area contributed by atoms with Crippen molar-refractivity contribution in [1.29, 1.82) is 0 Å². The van der Waals surface area contributed by atoms with E-state index in [0.29, 0.717) is 0 Å². The molecule has 19 heavy (non-hydrogen) atoms. The number of ether oxygens (including phenoxy) is 1. The van der Waals surface area contributed by atoms with Crippen molar-refractivity contribution >= 4 is 5.97 Å². The highest BCUT2D eigenvalue weighted by molar-refractivity contribution is 5.88. The van der Waals surface area contributed by atoms with Crippen LogP contribution in [0, 0.1) is 18.6 Å². The third-order valence-electron chi connectivity index (χ3n) is 2.44. The van der Waals surface area contributed by atoms with E-state index in [4.69, 9.17) is 9.15 Å². The van der Waals surface area contributed by atoms with Crippen LogP contribution in [-0.2, 0) is 4.74 Å². The van der Waals surface area contributed by atoms with Gasteiger partial charge in [0, 0.05) is 0 Å². The van der Waals surface area contributed by atoms with Crippen molar-refractivity contribution in [3.05, 3.63) is 41.3 Å². The Bertz CT molecular complexity index is 602. The summed E-state index contributed by atoms with van der Waals surface area (Å²) in [7, 11) is 0. The lowest BCUT2D eigenvalue weighted by Gasteiger charge is -1.99. The monoisotopic (exact) mass is 267 g/mol. The quantitative estimate of drug-likeness (QED) is 0.802. The Morgan fingerprint density at radius 1 is 1.37 bits per heavy atom. The minimum atomic E-state index is -0.809.